The summed E-state index contributed by atoms with van der Waals surface area (Å²) in [4.78, 5) is 21.6. The molecule has 0 aliphatic heterocycles. The summed E-state index contributed by atoms with van der Waals surface area (Å²) in [6.45, 7) is 5.88. The average molecular weight is 186 g/mol. The van der Waals surface area contributed by atoms with Gasteiger partial charge in [0, 0.05) is 5.92 Å². The van der Waals surface area contributed by atoms with Crippen molar-refractivity contribution in [3.63, 3.8) is 0 Å². The highest BCUT2D eigenvalue weighted by molar-refractivity contribution is 5.84. The highest BCUT2D eigenvalue weighted by atomic mass is 16.2. The maximum Gasteiger partial charge on any atom is 0.236 e. The summed E-state index contributed by atoms with van der Waals surface area (Å²) in [6.07, 6.45) is 0.824. The summed E-state index contributed by atoms with van der Waals surface area (Å²) in [5.41, 5.74) is 4.89. The maximum atomic E-state index is 11.3. The third kappa shape index (κ3) is 6.13. The van der Waals surface area contributed by atoms with Crippen LogP contribution < -0.4 is 11.1 Å². The minimum absolute atomic E-state index is 0.0562. The molecule has 0 fully saturated rings. The number of hydrogen-bond donors (Lipinski definition) is 2. The number of rotatable bonds is 5. The van der Waals surface area contributed by atoms with Gasteiger partial charge in [0.1, 0.15) is 0 Å². The summed E-state index contributed by atoms with van der Waals surface area (Å²) in [5.74, 6) is -0.189. The first-order chi connectivity index (χ1) is 5.93. The third-order valence-corrected chi connectivity index (χ3v) is 1.71. The van der Waals surface area contributed by atoms with Crippen LogP contribution >= 0.6 is 0 Å². The van der Waals surface area contributed by atoms with Gasteiger partial charge in [-0.3, -0.25) is 9.59 Å². The Hall–Kier alpha value is -1.06. The normalized spacial score (nSPS) is 12.6. The predicted octanol–water partition coefficient (Wildman–Crippen LogP) is 0.270. The highest BCUT2D eigenvalue weighted by Crippen LogP contribution is 2.10. The van der Waals surface area contributed by atoms with Crippen LogP contribution in [0.1, 0.15) is 27.2 Å². The van der Waals surface area contributed by atoms with Gasteiger partial charge in [-0.05, 0) is 12.3 Å². The first kappa shape index (κ1) is 11.9. The molecule has 4 nitrogen and oxygen atoms in total. The molecule has 0 rings (SSSR count). The van der Waals surface area contributed by atoms with Crippen LogP contribution in [0.5, 0.6) is 0 Å². The van der Waals surface area contributed by atoms with E-state index in [0.29, 0.717) is 5.92 Å². The molecule has 0 saturated carbocycles. The Kier molecular flexibility index (Phi) is 5.11. The molecule has 0 radical (unpaired) electrons. The van der Waals surface area contributed by atoms with E-state index in [0.717, 1.165) is 6.42 Å². The van der Waals surface area contributed by atoms with Crippen molar-refractivity contribution >= 4 is 11.8 Å². The molecule has 0 spiro atoms. The topological polar surface area (TPSA) is 72.2 Å². The van der Waals surface area contributed by atoms with Crippen molar-refractivity contribution in [2.45, 2.75) is 27.2 Å². The summed E-state index contributed by atoms with van der Waals surface area (Å²) >= 11 is 0. The second-order valence-electron chi connectivity index (χ2n) is 3.71. The molecule has 2 amide bonds. The zero-order chi connectivity index (χ0) is 10.4. The van der Waals surface area contributed by atoms with E-state index in [9.17, 15) is 9.59 Å². The lowest BCUT2D eigenvalue weighted by molar-refractivity contribution is -0.127. The summed E-state index contributed by atoms with van der Waals surface area (Å²) in [5, 5.41) is 2.47. The molecule has 0 saturated heterocycles. The van der Waals surface area contributed by atoms with E-state index < -0.39 is 5.91 Å². The molecular formula is C9H18N2O2. The van der Waals surface area contributed by atoms with Crippen LogP contribution in [0, 0.1) is 11.8 Å². The standard InChI is InChI=1S/C9H18N2O2/c1-6(2)4-7(3)9(13)11-5-8(10)12/h6-7H,4-5H2,1-3H3,(H2,10,12)(H,11,13)/t7-/m0/s1. The van der Waals surface area contributed by atoms with Crippen LogP contribution in [0.3, 0.4) is 0 Å². The number of carbonyl (C=O) groups is 2. The minimum atomic E-state index is -0.509. The Morgan fingerprint density at radius 2 is 1.85 bits per heavy atom. The summed E-state index contributed by atoms with van der Waals surface area (Å²) < 4.78 is 0. The summed E-state index contributed by atoms with van der Waals surface area (Å²) in [6, 6.07) is 0. The van der Waals surface area contributed by atoms with Crippen LogP contribution in [0.4, 0.5) is 0 Å². The van der Waals surface area contributed by atoms with E-state index in [1.807, 2.05) is 6.92 Å². The average Bonchev–Trinajstić information content (AvgIpc) is 1.98. The van der Waals surface area contributed by atoms with Gasteiger partial charge < -0.3 is 11.1 Å². The largest absolute Gasteiger partial charge is 0.368 e. The van der Waals surface area contributed by atoms with Crippen LogP contribution in [-0.2, 0) is 9.59 Å². The number of primary amides is 1. The molecule has 0 bridgehead atoms. The molecular weight excluding hydrogens is 168 g/mol. The number of nitrogens with one attached hydrogen (secondary N) is 1. The molecule has 0 aromatic carbocycles. The monoisotopic (exact) mass is 186 g/mol. The van der Waals surface area contributed by atoms with Crippen LogP contribution in [0.2, 0.25) is 0 Å². The van der Waals surface area contributed by atoms with Crippen molar-refractivity contribution in [1.29, 1.82) is 0 Å². The number of hydrogen-bond acceptors (Lipinski definition) is 2. The molecule has 1 atom stereocenters. The second kappa shape index (κ2) is 5.56. The van der Waals surface area contributed by atoms with Crippen LogP contribution in [0.25, 0.3) is 0 Å². The van der Waals surface area contributed by atoms with Gasteiger partial charge >= 0.3 is 0 Å². The lowest BCUT2D eigenvalue weighted by atomic mass is 9.98. The van der Waals surface area contributed by atoms with Gasteiger partial charge in [0.05, 0.1) is 6.54 Å². The highest BCUT2D eigenvalue weighted by Gasteiger charge is 2.14. The molecule has 76 valence electrons. The van der Waals surface area contributed by atoms with E-state index in [2.05, 4.69) is 19.2 Å². The Labute approximate surface area is 78.9 Å². The Morgan fingerprint density at radius 3 is 2.23 bits per heavy atom. The van der Waals surface area contributed by atoms with Gasteiger partial charge in [-0.1, -0.05) is 20.8 Å². The first-order valence-corrected chi connectivity index (χ1v) is 4.49. The number of carbonyl (C=O) groups excluding carboxylic acids is 2. The van der Waals surface area contributed by atoms with Gasteiger partial charge in [0.2, 0.25) is 11.8 Å². The van der Waals surface area contributed by atoms with Crippen molar-refractivity contribution in [1.82, 2.24) is 5.32 Å². The van der Waals surface area contributed by atoms with Gasteiger partial charge in [0.25, 0.3) is 0 Å². The fourth-order valence-corrected chi connectivity index (χ4v) is 1.16. The number of amides is 2. The van der Waals surface area contributed by atoms with E-state index >= 15 is 0 Å². The van der Waals surface area contributed by atoms with Crippen molar-refractivity contribution in [3.05, 3.63) is 0 Å². The fourth-order valence-electron chi connectivity index (χ4n) is 1.16. The zero-order valence-electron chi connectivity index (χ0n) is 8.46. The summed E-state index contributed by atoms with van der Waals surface area (Å²) in [7, 11) is 0. The predicted molar refractivity (Wildman–Crippen MR) is 50.8 cm³/mol. The molecule has 0 aromatic rings. The van der Waals surface area contributed by atoms with Crippen LogP contribution in [-0.4, -0.2) is 18.4 Å². The fraction of sp³-hybridized carbons (Fsp3) is 0.778. The Balaban J connectivity index is 3.76. The van der Waals surface area contributed by atoms with Gasteiger partial charge in [-0.2, -0.15) is 0 Å². The molecule has 0 aromatic heterocycles. The quantitative estimate of drug-likeness (QED) is 0.647. The molecule has 0 unspecified atom stereocenters. The Morgan fingerprint density at radius 1 is 1.31 bits per heavy atom. The number of nitrogens with two attached hydrogens (primary N) is 1. The molecule has 3 N–H and O–H groups in total. The van der Waals surface area contributed by atoms with Crippen molar-refractivity contribution in [2.24, 2.45) is 17.6 Å². The smallest absolute Gasteiger partial charge is 0.236 e. The van der Waals surface area contributed by atoms with Crippen molar-refractivity contribution in [2.75, 3.05) is 6.54 Å². The van der Waals surface area contributed by atoms with E-state index in [1.54, 1.807) is 0 Å². The molecule has 4 heteroatoms. The van der Waals surface area contributed by atoms with Gasteiger partial charge in [-0.15, -0.1) is 0 Å². The van der Waals surface area contributed by atoms with Gasteiger partial charge in [-0.25, -0.2) is 0 Å². The van der Waals surface area contributed by atoms with Crippen molar-refractivity contribution in [3.8, 4) is 0 Å². The first-order valence-electron chi connectivity index (χ1n) is 4.49. The molecule has 0 aliphatic carbocycles. The second-order valence-corrected chi connectivity index (χ2v) is 3.71. The van der Waals surface area contributed by atoms with Crippen LogP contribution in [0.15, 0.2) is 0 Å². The minimum Gasteiger partial charge on any atom is -0.368 e. The van der Waals surface area contributed by atoms with E-state index in [-0.39, 0.29) is 18.4 Å². The zero-order valence-corrected chi connectivity index (χ0v) is 8.46. The van der Waals surface area contributed by atoms with E-state index in [1.165, 1.54) is 0 Å². The lowest BCUT2D eigenvalue weighted by Gasteiger charge is -2.12. The SMILES string of the molecule is CC(C)C[C@H](C)C(=O)NCC(N)=O. The third-order valence-electron chi connectivity index (χ3n) is 1.71. The van der Waals surface area contributed by atoms with Crippen molar-refractivity contribution < 1.29 is 9.59 Å². The van der Waals surface area contributed by atoms with Gasteiger partial charge in [0.15, 0.2) is 0 Å². The van der Waals surface area contributed by atoms with E-state index in [4.69, 9.17) is 5.73 Å². The molecule has 0 heterocycles. The molecule has 0 aliphatic rings. The lowest BCUT2D eigenvalue weighted by Crippen LogP contribution is -2.36. The molecule has 13 heavy (non-hydrogen) atoms. The maximum absolute atomic E-state index is 11.3. The Bertz CT molecular complexity index is 190.